The molecule has 2 aromatic rings. The topological polar surface area (TPSA) is 42.7 Å². The van der Waals surface area contributed by atoms with Crippen LogP contribution in [-0.4, -0.2) is 21.8 Å². The van der Waals surface area contributed by atoms with E-state index in [1.807, 2.05) is 18.7 Å². The lowest BCUT2D eigenvalue weighted by atomic mass is 10.3. The second-order valence-corrected chi connectivity index (χ2v) is 3.31. The van der Waals surface area contributed by atoms with Gasteiger partial charge in [0, 0.05) is 13.6 Å². The van der Waals surface area contributed by atoms with E-state index >= 15 is 0 Å². The predicted molar refractivity (Wildman–Crippen MR) is 57.8 cm³/mol. The van der Waals surface area contributed by atoms with Crippen LogP contribution in [0.15, 0.2) is 12.4 Å². The zero-order chi connectivity index (χ0) is 10.1. The van der Waals surface area contributed by atoms with Crippen molar-refractivity contribution < 1.29 is 0 Å². The van der Waals surface area contributed by atoms with Crippen molar-refractivity contribution >= 4 is 28.3 Å². The van der Waals surface area contributed by atoms with Gasteiger partial charge in [0.15, 0.2) is 5.65 Å². The van der Waals surface area contributed by atoms with Crippen LogP contribution in [0.25, 0.3) is 11.0 Å². The standard InChI is InChI=1S/C9H11ClN4/c1-3-14-9-6(4-13-14)8(10)7(11-2)5-12-9/h4-5,11H,3H2,1-2H3. The summed E-state index contributed by atoms with van der Waals surface area (Å²) in [6, 6.07) is 0. The minimum absolute atomic E-state index is 0.678. The summed E-state index contributed by atoms with van der Waals surface area (Å²) in [6.07, 6.45) is 3.47. The lowest BCUT2D eigenvalue weighted by Crippen LogP contribution is -1.98. The largest absolute Gasteiger partial charge is 0.386 e. The average molecular weight is 211 g/mol. The van der Waals surface area contributed by atoms with Crippen molar-refractivity contribution in [1.29, 1.82) is 0 Å². The molecule has 0 aliphatic rings. The second-order valence-electron chi connectivity index (χ2n) is 2.93. The summed E-state index contributed by atoms with van der Waals surface area (Å²) in [5, 5.41) is 8.74. The van der Waals surface area contributed by atoms with E-state index in [9.17, 15) is 0 Å². The van der Waals surface area contributed by atoms with Crippen molar-refractivity contribution in [3.05, 3.63) is 17.4 Å². The number of nitrogens with one attached hydrogen (secondary N) is 1. The molecule has 4 nitrogen and oxygen atoms in total. The molecule has 0 bridgehead atoms. The molecule has 5 heteroatoms. The molecule has 1 N–H and O–H groups in total. The van der Waals surface area contributed by atoms with Crippen LogP contribution >= 0.6 is 11.6 Å². The maximum atomic E-state index is 6.16. The number of hydrogen-bond acceptors (Lipinski definition) is 3. The van der Waals surface area contributed by atoms with Gasteiger partial charge < -0.3 is 5.32 Å². The molecular formula is C9H11ClN4. The van der Waals surface area contributed by atoms with E-state index in [4.69, 9.17) is 11.6 Å². The van der Waals surface area contributed by atoms with Crippen LogP contribution in [0.3, 0.4) is 0 Å². The van der Waals surface area contributed by atoms with Crippen molar-refractivity contribution in [2.75, 3.05) is 12.4 Å². The van der Waals surface area contributed by atoms with E-state index in [1.165, 1.54) is 0 Å². The number of pyridine rings is 1. The molecule has 0 atom stereocenters. The molecule has 0 radical (unpaired) electrons. The first-order valence-corrected chi connectivity index (χ1v) is 4.83. The molecule has 0 aliphatic carbocycles. The molecule has 0 saturated carbocycles. The Morgan fingerprint density at radius 2 is 2.29 bits per heavy atom. The fourth-order valence-electron chi connectivity index (χ4n) is 1.40. The van der Waals surface area contributed by atoms with Crippen molar-refractivity contribution in [1.82, 2.24) is 14.8 Å². The van der Waals surface area contributed by atoms with E-state index in [-0.39, 0.29) is 0 Å². The van der Waals surface area contributed by atoms with Gasteiger partial charge in [-0.05, 0) is 6.92 Å². The quantitative estimate of drug-likeness (QED) is 0.826. The molecule has 0 unspecified atom stereocenters. The molecule has 0 aromatic carbocycles. The van der Waals surface area contributed by atoms with Gasteiger partial charge in [0.2, 0.25) is 0 Å². The number of hydrogen-bond donors (Lipinski definition) is 1. The molecule has 0 aliphatic heterocycles. The highest BCUT2D eigenvalue weighted by Crippen LogP contribution is 2.28. The van der Waals surface area contributed by atoms with Crippen LogP contribution in [0, 0.1) is 0 Å². The Hall–Kier alpha value is -1.29. The molecule has 0 amide bonds. The first-order chi connectivity index (χ1) is 6.77. The Balaban J connectivity index is 2.72. The van der Waals surface area contributed by atoms with Gasteiger partial charge in [-0.25, -0.2) is 9.67 Å². The number of halogens is 1. The fraction of sp³-hybridized carbons (Fsp3) is 0.333. The Labute approximate surface area is 86.9 Å². The number of anilines is 1. The lowest BCUT2D eigenvalue weighted by molar-refractivity contribution is 0.677. The molecule has 2 aromatic heterocycles. The Morgan fingerprint density at radius 3 is 2.93 bits per heavy atom. The molecule has 74 valence electrons. The summed E-state index contributed by atoms with van der Waals surface area (Å²) in [5.41, 5.74) is 1.66. The number of fused-ring (bicyclic) bond motifs is 1. The fourth-order valence-corrected chi connectivity index (χ4v) is 1.68. The summed E-state index contributed by atoms with van der Waals surface area (Å²) < 4.78 is 1.82. The van der Waals surface area contributed by atoms with Gasteiger partial charge in [0.25, 0.3) is 0 Å². The Kier molecular flexibility index (Phi) is 2.29. The summed E-state index contributed by atoms with van der Waals surface area (Å²) >= 11 is 6.16. The van der Waals surface area contributed by atoms with Crippen LogP contribution in [0.2, 0.25) is 5.02 Å². The van der Waals surface area contributed by atoms with Crippen LogP contribution < -0.4 is 5.32 Å². The lowest BCUT2D eigenvalue weighted by Gasteiger charge is -2.03. The van der Waals surface area contributed by atoms with E-state index in [0.717, 1.165) is 23.3 Å². The normalized spacial score (nSPS) is 10.8. The van der Waals surface area contributed by atoms with Crippen LogP contribution in [0.4, 0.5) is 5.69 Å². The molecule has 14 heavy (non-hydrogen) atoms. The van der Waals surface area contributed by atoms with Crippen LogP contribution in [0.1, 0.15) is 6.92 Å². The monoisotopic (exact) mass is 210 g/mol. The van der Waals surface area contributed by atoms with Gasteiger partial charge in [-0.15, -0.1) is 0 Å². The van der Waals surface area contributed by atoms with Gasteiger partial charge in [0.1, 0.15) is 0 Å². The first kappa shape index (κ1) is 9.27. The van der Waals surface area contributed by atoms with E-state index in [1.54, 1.807) is 12.4 Å². The molecule has 2 rings (SSSR count). The first-order valence-electron chi connectivity index (χ1n) is 4.45. The van der Waals surface area contributed by atoms with Gasteiger partial charge in [-0.1, -0.05) is 11.6 Å². The van der Waals surface area contributed by atoms with Crippen molar-refractivity contribution in [2.24, 2.45) is 0 Å². The van der Waals surface area contributed by atoms with Gasteiger partial charge >= 0.3 is 0 Å². The highest BCUT2D eigenvalue weighted by atomic mass is 35.5. The zero-order valence-electron chi connectivity index (χ0n) is 8.08. The summed E-state index contributed by atoms with van der Waals surface area (Å²) in [7, 11) is 1.82. The Bertz CT molecular complexity index is 463. The SMILES string of the molecule is CCn1ncc2c(Cl)c(NC)cnc21. The maximum absolute atomic E-state index is 6.16. The third-order valence-corrected chi connectivity index (χ3v) is 2.58. The summed E-state index contributed by atoms with van der Waals surface area (Å²) in [4.78, 5) is 4.30. The van der Waals surface area contributed by atoms with Crippen LogP contribution in [0.5, 0.6) is 0 Å². The van der Waals surface area contributed by atoms with E-state index in [0.29, 0.717) is 5.02 Å². The maximum Gasteiger partial charge on any atom is 0.159 e. The van der Waals surface area contributed by atoms with Crippen LogP contribution in [-0.2, 0) is 6.54 Å². The highest BCUT2D eigenvalue weighted by Gasteiger charge is 2.09. The smallest absolute Gasteiger partial charge is 0.159 e. The molecule has 0 fully saturated rings. The number of nitrogens with zero attached hydrogens (tertiary/aromatic N) is 3. The van der Waals surface area contributed by atoms with Crippen molar-refractivity contribution in [2.45, 2.75) is 13.5 Å². The highest BCUT2D eigenvalue weighted by molar-refractivity contribution is 6.37. The molecule has 2 heterocycles. The van der Waals surface area contributed by atoms with Gasteiger partial charge in [-0.2, -0.15) is 5.10 Å². The Morgan fingerprint density at radius 1 is 1.50 bits per heavy atom. The summed E-state index contributed by atoms with van der Waals surface area (Å²) in [5.74, 6) is 0. The molecular weight excluding hydrogens is 200 g/mol. The third kappa shape index (κ3) is 1.23. The minimum atomic E-state index is 0.678. The third-order valence-electron chi connectivity index (χ3n) is 2.17. The number of rotatable bonds is 2. The zero-order valence-corrected chi connectivity index (χ0v) is 8.84. The van der Waals surface area contributed by atoms with Crippen molar-refractivity contribution in [3.8, 4) is 0 Å². The summed E-state index contributed by atoms with van der Waals surface area (Å²) in [6.45, 7) is 2.82. The predicted octanol–water partition coefficient (Wildman–Crippen LogP) is 2.15. The van der Waals surface area contributed by atoms with Crippen molar-refractivity contribution in [3.63, 3.8) is 0 Å². The number of aromatic nitrogens is 3. The minimum Gasteiger partial charge on any atom is -0.386 e. The van der Waals surface area contributed by atoms with Gasteiger partial charge in [0.05, 0.1) is 28.5 Å². The van der Waals surface area contributed by atoms with E-state index < -0.39 is 0 Å². The average Bonchev–Trinajstić information content (AvgIpc) is 2.62. The second kappa shape index (κ2) is 3.46. The molecule has 0 spiro atoms. The number of aryl methyl sites for hydroxylation is 1. The molecule has 0 saturated heterocycles. The van der Waals surface area contributed by atoms with E-state index in [2.05, 4.69) is 15.4 Å². The van der Waals surface area contributed by atoms with Gasteiger partial charge in [-0.3, -0.25) is 0 Å².